The van der Waals surface area contributed by atoms with E-state index >= 15 is 0 Å². The molecule has 3 aliphatic rings. The summed E-state index contributed by atoms with van der Waals surface area (Å²) < 4.78 is 27.0. The fraction of sp³-hybridized carbons (Fsp3) is 0.611. The van der Waals surface area contributed by atoms with E-state index in [4.69, 9.17) is 0 Å². The van der Waals surface area contributed by atoms with Crippen molar-refractivity contribution in [2.45, 2.75) is 56.8 Å². The van der Waals surface area contributed by atoms with E-state index < -0.39 is 17.9 Å². The van der Waals surface area contributed by atoms with E-state index in [-0.39, 0.29) is 5.91 Å². The van der Waals surface area contributed by atoms with Crippen molar-refractivity contribution >= 4 is 11.6 Å². The van der Waals surface area contributed by atoms with E-state index in [2.05, 4.69) is 13.0 Å². The number of halogens is 2. The van der Waals surface area contributed by atoms with Crippen molar-refractivity contribution in [1.82, 2.24) is 0 Å². The molecule has 1 aromatic rings. The molecule has 1 amide bonds. The van der Waals surface area contributed by atoms with E-state index in [9.17, 15) is 13.6 Å². The Hall–Kier alpha value is -1.45. The number of hydrogen-bond donors (Lipinski definition) is 0. The van der Waals surface area contributed by atoms with Crippen LogP contribution in [0.3, 0.4) is 0 Å². The van der Waals surface area contributed by atoms with Gasteiger partial charge in [0.1, 0.15) is 0 Å². The molecule has 1 heterocycles. The average Bonchev–Trinajstić information content (AvgIpc) is 3.35. The van der Waals surface area contributed by atoms with Crippen LogP contribution in [0.2, 0.25) is 0 Å². The minimum Gasteiger partial charge on any atom is -0.305 e. The van der Waals surface area contributed by atoms with Crippen LogP contribution in [0, 0.1) is 5.92 Å². The highest BCUT2D eigenvalue weighted by molar-refractivity contribution is 6.10. The lowest BCUT2D eigenvalue weighted by atomic mass is 9.95. The van der Waals surface area contributed by atoms with Gasteiger partial charge in [0.15, 0.2) is 0 Å². The Morgan fingerprint density at radius 1 is 1.36 bits per heavy atom. The quantitative estimate of drug-likeness (QED) is 0.815. The molecule has 118 valence electrons. The first kappa shape index (κ1) is 14.2. The third-order valence-electron chi connectivity index (χ3n) is 5.54. The second kappa shape index (κ2) is 4.30. The summed E-state index contributed by atoms with van der Waals surface area (Å²) in [6.45, 7) is 2.56. The summed E-state index contributed by atoms with van der Waals surface area (Å²) in [4.78, 5) is 14.0. The number of carbonyl (C=O) groups excluding carboxylic acids is 1. The van der Waals surface area contributed by atoms with Crippen LogP contribution in [-0.4, -0.2) is 18.4 Å². The molecule has 1 spiro atoms. The summed E-state index contributed by atoms with van der Waals surface area (Å²) in [5.74, 6) is -1.73. The molecule has 2 nitrogen and oxygen atoms in total. The third-order valence-corrected chi connectivity index (χ3v) is 5.54. The SMILES string of the molecule is CC[C@H]1C[C@@H]1c1ccc2c(c1)N(CC(C)(F)F)C(=O)C21CC1. The Bertz CT molecular complexity index is 645. The van der Waals surface area contributed by atoms with Crippen molar-refractivity contribution in [3.63, 3.8) is 0 Å². The van der Waals surface area contributed by atoms with Gasteiger partial charge < -0.3 is 4.90 Å². The molecule has 0 aromatic heterocycles. The number of anilines is 1. The number of carbonyl (C=O) groups is 1. The molecule has 0 radical (unpaired) electrons. The van der Waals surface area contributed by atoms with Crippen LogP contribution in [0.4, 0.5) is 14.5 Å². The van der Waals surface area contributed by atoms with Crippen LogP contribution in [0.5, 0.6) is 0 Å². The minimum atomic E-state index is -2.87. The summed E-state index contributed by atoms with van der Waals surface area (Å²) in [5, 5.41) is 0. The maximum atomic E-state index is 13.5. The zero-order chi connectivity index (χ0) is 15.7. The van der Waals surface area contributed by atoms with Crippen LogP contribution >= 0.6 is 0 Å². The normalized spacial score (nSPS) is 28.2. The molecule has 2 fully saturated rings. The summed E-state index contributed by atoms with van der Waals surface area (Å²) in [6.07, 6.45) is 3.93. The Morgan fingerprint density at radius 3 is 2.64 bits per heavy atom. The van der Waals surface area contributed by atoms with Crippen molar-refractivity contribution < 1.29 is 13.6 Å². The van der Waals surface area contributed by atoms with Gasteiger partial charge in [-0.05, 0) is 48.3 Å². The molecule has 2 atom stereocenters. The van der Waals surface area contributed by atoms with Gasteiger partial charge in [-0.25, -0.2) is 8.78 Å². The number of fused-ring (bicyclic) bond motifs is 2. The molecule has 1 aliphatic heterocycles. The van der Waals surface area contributed by atoms with Crippen molar-refractivity contribution in [2.75, 3.05) is 11.4 Å². The van der Waals surface area contributed by atoms with Gasteiger partial charge in [-0.2, -0.15) is 0 Å². The monoisotopic (exact) mass is 305 g/mol. The predicted molar refractivity (Wildman–Crippen MR) is 81.5 cm³/mol. The van der Waals surface area contributed by atoms with E-state index in [1.165, 1.54) is 16.9 Å². The smallest absolute Gasteiger partial charge is 0.263 e. The topological polar surface area (TPSA) is 20.3 Å². The van der Waals surface area contributed by atoms with Gasteiger partial charge in [0.25, 0.3) is 5.92 Å². The number of alkyl halides is 2. The van der Waals surface area contributed by atoms with Gasteiger partial charge in [0.2, 0.25) is 5.91 Å². The lowest BCUT2D eigenvalue weighted by molar-refractivity contribution is -0.121. The molecule has 0 saturated heterocycles. The molecule has 2 saturated carbocycles. The lowest BCUT2D eigenvalue weighted by Gasteiger charge is -2.22. The Morgan fingerprint density at radius 2 is 2.09 bits per heavy atom. The lowest BCUT2D eigenvalue weighted by Crippen LogP contribution is -2.39. The van der Waals surface area contributed by atoms with Crippen molar-refractivity contribution in [3.05, 3.63) is 29.3 Å². The van der Waals surface area contributed by atoms with Crippen molar-refractivity contribution in [2.24, 2.45) is 5.92 Å². The fourth-order valence-corrected chi connectivity index (χ4v) is 4.04. The molecule has 0 bridgehead atoms. The highest BCUT2D eigenvalue weighted by atomic mass is 19.3. The molecule has 4 rings (SSSR count). The van der Waals surface area contributed by atoms with Gasteiger partial charge in [-0.15, -0.1) is 0 Å². The van der Waals surface area contributed by atoms with Crippen LogP contribution in [0.25, 0.3) is 0 Å². The highest BCUT2D eigenvalue weighted by Gasteiger charge is 2.60. The van der Waals surface area contributed by atoms with Gasteiger partial charge >= 0.3 is 0 Å². The fourth-order valence-electron chi connectivity index (χ4n) is 4.04. The zero-order valence-corrected chi connectivity index (χ0v) is 13.0. The molecule has 1 aromatic carbocycles. The van der Waals surface area contributed by atoms with Crippen molar-refractivity contribution in [1.29, 1.82) is 0 Å². The summed E-state index contributed by atoms with van der Waals surface area (Å²) in [7, 11) is 0. The molecular formula is C18H21F2NO. The Labute approximate surface area is 129 Å². The molecule has 22 heavy (non-hydrogen) atoms. The second-order valence-electron chi connectivity index (χ2n) is 7.33. The highest BCUT2D eigenvalue weighted by Crippen LogP contribution is 2.59. The first-order valence-electron chi connectivity index (χ1n) is 8.20. The first-order valence-corrected chi connectivity index (χ1v) is 8.20. The average molecular weight is 305 g/mol. The van der Waals surface area contributed by atoms with Crippen molar-refractivity contribution in [3.8, 4) is 0 Å². The molecule has 2 aliphatic carbocycles. The Kier molecular flexibility index (Phi) is 2.77. The van der Waals surface area contributed by atoms with E-state index in [1.54, 1.807) is 0 Å². The molecule has 4 heteroatoms. The standard InChI is InChI=1S/C18H21F2NO/c1-3-11-8-13(11)12-4-5-14-15(9-12)21(10-17(2,19)20)16(22)18(14)6-7-18/h4-5,9,11,13H,3,6-8,10H2,1-2H3/t11-,13-/m0/s1. The van der Waals surface area contributed by atoms with Gasteiger partial charge in [-0.1, -0.05) is 25.5 Å². The van der Waals surface area contributed by atoms with Gasteiger partial charge in [0.05, 0.1) is 12.0 Å². The van der Waals surface area contributed by atoms with Crippen LogP contribution < -0.4 is 4.90 Å². The summed E-state index contributed by atoms with van der Waals surface area (Å²) in [6, 6.07) is 6.14. The van der Waals surface area contributed by atoms with E-state index in [1.807, 2.05) is 12.1 Å². The van der Waals surface area contributed by atoms with E-state index in [0.717, 1.165) is 37.4 Å². The maximum absolute atomic E-state index is 13.5. The Balaban J connectivity index is 1.72. The number of amides is 1. The number of hydrogen-bond acceptors (Lipinski definition) is 1. The number of rotatable bonds is 4. The van der Waals surface area contributed by atoms with Crippen LogP contribution in [0.1, 0.15) is 56.6 Å². The van der Waals surface area contributed by atoms with Crippen LogP contribution in [0.15, 0.2) is 18.2 Å². The maximum Gasteiger partial charge on any atom is 0.263 e. The first-order chi connectivity index (χ1) is 10.4. The van der Waals surface area contributed by atoms with E-state index in [0.29, 0.717) is 11.8 Å². The molecule has 0 unspecified atom stereocenters. The summed E-state index contributed by atoms with van der Waals surface area (Å²) >= 11 is 0. The second-order valence-corrected chi connectivity index (χ2v) is 7.33. The molecule has 0 N–H and O–H groups in total. The molecular weight excluding hydrogens is 284 g/mol. The summed E-state index contributed by atoms with van der Waals surface area (Å²) in [5.41, 5.74) is 2.44. The van der Waals surface area contributed by atoms with Gasteiger partial charge in [0, 0.05) is 12.6 Å². The number of benzene rings is 1. The largest absolute Gasteiger partial charge is 0.305 e. The minimum absolute atomic E-state index is 0.121. The van der Waals surface area contributed by atoms with Crippen LogP contribution in [-0.2, 0) is 10.2 Å². The predicted octanol–water partition coefficient (Wildman–Crippen LogP) is 4.23. The number of nitrogens with zero attached hydrogens (tertiary/aromatic N) is 1. The zero-order valence-electron chi connectivity index (χ0n) is 13.0. The third kappa shape index (κ3) is 1.99. The van der Waals surface area contributed by atoms with Gasteiger partial charge in [-0.3, -0.25) is 4.79 Å².